The molecule has 1 nitrogen and oxygen atoms in total. The first-order chi connectivity index (χ1) is 6.21. The molecule has 0 radical (unpaired) electrons. The molecular weight excluding hydrogens is 169 g/mol. The summed E-state index contributed by atoms with van der Waals surface area (Å²) in [7, 11) is 0. The zero-order valence-electron chi connectivity index (χ0n) is 10.9. The van der Waals surface area contributed by atoms with Crippen LogP contribution in [0.2, 0.25) is 18.0 Å². The Morgan fingerprint density at radius 2 is 1.29 bits per heavy atom. The van der Waals surface area contributed by atoms with Crippen LogP contribution < -0.4 is 0 Å². The Balaban J connectivity index is 2.47. The topological polar surface area (TPSA) is 3.24 Å². The highest BCUT2D eigenvalue weighted by atomic mass is 15.2. The Kier molecular flexibility index (Phi) is 3.35. The molecule has 0 aromatic rings. The molecule has 0 spiro atoms. The lowest BCUT2D eigenvalue weighted by Crippen LogP contribution is -2.49. The van der Waals surface area contributed by atoms with Gasteiger partial charge in [0.05, 0.1) is 0 Å². The average Bonchev–Trinajstić information content (AvgIpc) is 2.01. The lowest BCUT2D eigenvalue weighted by atomic mass is 9.30. The molecule has 0 amide bonds. The van der Waals surface area contributed by atoms with Crippen molar-refractivity contribution in [1.29, 1.82) is 0 Å². The van der Waals surface area contributed by atoms with E-state index in [1.165, 1.54) is 25.7 Å². The molecule has 1 fully saturated rings. The van der Waals surface area contributed by atoms with Crippen LogP contribution in [-0.2, 0) is 0 Å². The largest absolute Gasteiger partial charge is 0.300 e. The zero-order valence-corrected chi connectivity index (χ0v) is 10.9. The summed E-state index contributed by atoms with van der Waals surface area (Å²) in [6.45, 7) is 17.6. The summed E-state index contributed by atoms with van der Waals surface area (Å²) in [6.07, 6.45) is 2.75. The lowest BCUT2D eigenvalue weighted by Gasteiger charge is -2.43. The van der Waals surface area contributed by atoms with Gasteiger partial charge in [0.2, 0.25) is 0 Å². The molecule has 0 saturated carbocycles. The number of nitrogens with zero attached hydrogens (tertiary/aromatic N) is 1. The fourth-order valence-corrected chi connectivity index (χ4v) is 2.42. The number of hydrogen-bond donors (Lipinski definition) is 0. The third kappa shape index (κ3) is 3.01. The lowest BCUT2D eigenvalue weighted by molar-refractivity contribution is 0.145. The maximum Gasteiger partial charge on any atom is 0.148 e. The van der Waals surface area contributed by atoms with Gasteiger partial charge in [-0.3, -0.25) is 4.90 Å². The second kappa shape index (κ2) is 3.88. The molecule has 1 rings (SSSR count). The number of rotatable bonds is 0. The first-order valence-electron chi connectivity index (χ1n) is 5.96. The zero-order chi connectivity index (χ0) is 11.0. The first kappa shape index (κ1) is 12.1. The first-order valence-corrected chi connectivity index (χ1v) is 5.96. The van der Waals surface area contributed by atoms with Crippen LogP contribution in [0.3, 0.4) is 0 Å². The Bertz CT molecular complexity index is 157. The van der Waals surface area contributed by atoms with E-state index in [4.69, 9.17) is 0 Å². The third-order valence-corrected chi connectivity index (χ3v) is 3.67. The summed E-state index contributed by atoms with van der Waals surface area (Å²) < 4.78 is 0. The Morgan fingerprint density at radius 1 is 0.857 bits per heavy atom. The van der Waals surface area contributed by atoms with Gasteiger partial charge in [0.15, 0.2) is 0 Å². The molecule has 14 heavy (non-hydrogen) atoms. The Hall–Kier alpha value is 0.0249. The second-order valence-corrected chi connectivity index (χ2v) is 6.80. The van der Waals surface area contributed by atoms with Gasteiger partial charge in [-0.2, -0.15) is 0 Å². The van der Waals surface area contributed by atoms with Crippen molar-refractivity contribution in [2.75, 3.05) is 13.1 Å². The number of hydrogen-bond acceptors (Lipinski definition) is 1. The summed E-state index contributed by atoms with van der Waals surface area (Å²) in [5.74, 6) is 0. The van der Waals surface area contributed by atoms with Crippen molar-refractivity contribution in [1.82, 2.24) is 4.90 Å². The van der Waals surface area contributed by atoms with Crippen molar-refractivity contribution in [3.05, 3.63) is 0 Å². The van der Waals surface area contributed by atoms with Crippen LogP contribution in [0.4, 0.5) is 0 Å². The van der Waals surface area contributed by atoms with E-state index >= 15 is 0 Å². The predicted octanol–water partition coefficient (Wildman–Crippen LogP) is 3.40. The quantitative estimate of drug-likeness (QED) is 0.535. The molecule has 1 heterocycles. The van der Waals surface area contributed by atoms with E-state index in [0.29, 0.717) is 10.9 Å². The van der Waals surface area contributed by atoms with Crippen molar-refractivity contribution in [2.24, 2.45) is 0 Å². The molecular formula is C12H26BN. The van der Waals surface area contributed by atoms with Crippen LogP contribution in [-0.4, -0.2) is 30.2 Å². The summed E-state index contributed by atoms with van der Waals surface area (Å²) in [5, 5.41) is 0.504. The van der Waals surface area contributed by atoms with Crippen LogP contribution in [0, 0.1) is 0 Å². The minimum absolute atomic E-state index is 0.364. The van der Waals surface area contributed by atoms with Gasteiger partial charge >= 0.3 is 0 Å². The molecule has 1 saturated heterocycles. The van der Waals surface area contributed by atoms with Crippen molar-refractivity contribution < 1.29 is 0 Å². The average molecular weight is 195 g/mol. The van der Waals surface area contributed by atoms with Gasteiger partial charge in [0.1, 0.15) is 6.71 Å². The molecule has 0 aliphatic carbocycles. The predicted molar refractivity (Wildman–Crippen MR) is 66.4 cm³/mol. The third-order valence-electron chi connectivity index (χ3n) is 3.67. The fourth-order valence-electron chi connectivity index (χ4n) is 2.42. The van der Waals surface area contributed by atoms with Gasteiger partial charge in [-0.25, -0.2) is 0 Å². The van der Waals surface area contributed by atoms with Crippen molar-refractivity contribution in [2.45, 2.75) is 65.0 Å². The SMILES string of the molecule is CC(C)(C)B1CCN(C(C)(C)C)CC1. The highest BCUT2D eigenvalue weighted by molar-refractivity contribution is 6.62. The Labute approximate surface area is 90.3 Å². The highest BCUT2D eigenvalue weighted by Gasteiger charge is 2.34. The summed E-state index contributed by atoms with van der Waals surface area (Å²) in [6, 6.07) is 0. The second-order valence-electron chi connectivity index (χ2n) is 6.80. The Morgan fingerprint density at radius 3 is 1.57 bits per heavy atom. The van der Waals surface area contributed by atoms with Crippen molar-refractivity contribution >= 4 is 6.71 Å². The van der Waals surface area contributed by atoms with Crippen LogP contribution >= 0.6 is 0 Å². The van der Waals surface area contributed by atoms with E-state index in [-0.39, 0.29) is 0 Å². The van der Waals surface area contributed by atoms with Gasteiger partial charge in [-0.05, 0) is 33.9 Å². The van der Waals surface area contributed by atoms with Gasteiger partial charge in [0.25, 0.3) is 0 Å². The minimum Gasteiger partial charge on any atom is -0.300 e. The van der Waals surface area contributed by atoms with E-state index < -0.39 is 0 Å². The van der Waals surface area contributed by atoms with Crippen molar-refractivity contribution in [3.8, 4) is 0 Å². The molecule has 1 aliphatic heterocycles. The monoisotopic (exact) mass is 195 g/mol. The molecule has 2 heteroatoms. The molecule has 0 aromatic heterocycles. The maximum absolute atomic E-state index is 2.62. The molecule has 0 aromatic carbocycles. The summed E-state index contributed by atoms with van der Waals surface area (Å²) in [4.78, 5) is 2.62. The van der Waals surface area contributed by atoms with E-state index in [1.54, 1.807) is 0 Å². The van der Waals surface area contributed by atoms with Gasteiger partial charge in [0, 0.05) is 5.54 Å². The molecule has 0 bridgehead atoms. The molecule has 82 valence electrons. The van der Waals surface area contributed by atoms with Gasteiger partial charge < -0.3 is 0 Å². The van der Waals surface area contributed by atoms with Gasteiger partial charge in [-0.15, -0.1) is 0 Å². The minimum atomic E-state index is 0.364. The fraction of sp³-hybridized carbons (Fsp3) is 1.00. The van der Waals surface area contributed by atoms with Gasteiger partial charge in [-0.1, -0.05) is 38.7 Å². The standard InChI is InChI=1S/C12H26BN/c1-11(2,3)13-7-9-14(10-8-13)12(4,5)6/h7-10H2,1-6H3. The molecule has 0 atom stereocenters. The molecule has 0 N–H and O–H groups in total. The normalized spacial score (nSPS) is 21.4. The summed E-state index contributed by atoms with van der Waals surface area (Å²) >= 11 is 0. The molecule has 0 unspecified atom stereocenters. The van der Waals surface area contributed by atoms with E-state index in [1.807, 2.05) is 0 Å². The van der Waals surface area contributed by atoms with Crippen molar-refractivity contribution in [3.63, 3.8) is 0 Å². The van der Waals surface area contributed by atoms with Crippen LogP contribution in [0.25, 0.3) is 0 Å². The highest BCUT2D eigenvalue weighted by Crippen LogP contribution is 2.35. The van der Waals surface area contributed by atoms with E-state index in [9.17, 15) is 0 Å². The van der Waals surface area contributed by atoms with Crippen LogP contribution in [0.15, 0.2) is 0 Å². The maximum atomic E-state index is 2.62. The van der Waals surface area contributed by atoms with Crippen LogP contribution in [0.1, 0.15) is 41.5 Å². The van der Waals surface area contributed by atoms with E-state index in [2.05, 4.69) is 46.4 Å². The summed E-state index contributed by atoms with van der Waals surface area (Å²) in [5.41, 5.74) is 0.364. The van der Waals surface area contributed by atoms with Crippen LogP contribution in [0.5, 0.6) is 0 Å². The van der Waals surface area contributed by atoms with E-state index in [0.717, 1.165) is 6.71 Å². The smallest absolute Gasteiger partial charge is 0.148 e. The molecule has 1 aliphatic rings.